The van der Waals surface area contributed by atoms with Gasteiger partial charge in [-0.15, -0.1) is 0 Å². The molecule has 0 radical (unpaired) electrons. The van der Waals surface area contributed by atoms with Gasteiger partial charge in [-0.05, 0) is 52.1 Å². The van der Waals surface area contributed by atoms with Crippen LogP contribution in [-0.2, 0) is 4.74 Å². The molecule has 2 saturated heterocycles. The first-order valence-electron chi connectivity index (χ1n) is 6.95. The number of carbonyl (C=O) groups excluding carboxylic acids is 1. The third kappa shape index (κ3) is 4.04. The summed E-state index contributed by atoms with van der Waals surface area (Å²) in [6.07, 6.45) is -1.15. The number of likely N-dealkylation sites (tertiary alicyclic amines) is 2. The fourth-order valence-corrected chi connectivity index (χ4v) is 3.01. The highest BCUT2D eigenvalue weighted by atomic mass is 19.4. The summed E-state index contributed by atoms with van der Waals surface area (Å²) in [4.78, 5) is 15.0. The van der Waals surface area contributed by atoms with E-state index in [9.17, 15) is 17.7 Å². The van der Waals surface area contributed by atoms with E-state index < -0.39 is 19.0 Å². The van der Waals surface area contributed by atoms with Crippen LogP contribution in [0.25, 0.3) is 0 Å². The predicted octanol–water partition coefficient (Wildman–Crippen LogP) is 2.28. The minimum Gasteiger partial charge on any atom is -0.448 e. The average molecular weight is 294 g/mol. The van der Waals surface area contributed by atoms with Crippen molar-refractivity contribution in [3.8, 4) is 0 Å². The monoisotopic (exact) mass is 294 g/mol. The standard InChI is InChI=1S/C12H21BF3N2O2/c1-12(2,3)20-11(19)18-6-9-4-17(5-10(9)7-18)8-13(14,15)16/h9-10H,4-8H2,1-3H3/q-1/p+1. The van der Waals surface area contributed by atoms with Crippen molar-refractivity contribution in [2.24, 2.45) is 11.8 Å². The number of amides is 1. The average Bonchev–Trinajstić information content (AvgIpc) is 2.68. The molecule has 116 valence electrons. The van der Waals surface area contributed by atoms with Crippen molar-refractivity contribution in [3.63, 3.8) is 0 Å². The molecule has 2 unspecified atom stereocenters. The second kappa shape index (κ2) is 5.13. The van der Waals surface area contributed by atoms with Gasteiger partial charge in [0.15, 0.2) is 0 Å². The van der Waals surface area contributed by atoms with Crippen molar-refractivity contribution < 1.29 is 23.9 Å². The maximum atomic E-state index is 12.4. The Morgan fingerprint density at radius 3 is 2.10 bits per heavy atom. The molecule has 0 bridgehead atoms. The van der Waals surface area contributed by atoms with E-state index in [0.29, 0.717) is 26.2 Å². The van der Waals surface area contributed by atoms with E-state index in [4.69, 9.17) is 4.74 Å². The first-order valence-corrected chi connectivity index (χ1v) is 6.95. The second-order valence-corrected chi connectivity index (χ2v) is 6.83. The quantitative estimate of drug-likeness (QED) is 0.733. The Kier molecular flexibility index (Phi) is 3.97. The molecule has 0 N–H and O–H groups in total. The molecule has 0 aliphatic carbocycles. The largest absolute Gasteiger partial charge is 1.00 e. The Balaban J connectivity index is 0.00000220. The van der Waals surface area contributed by atoms with E-state index in [1.54, 1.807) is 25.7 Å². The summed E-state index contributed by atoms with van der Waals surface area (Å²) in [6, 6.07) is 0. The first-order chi connectivity index (χ1) is 9.03. The lowest BCUT2D eigenvalue weighted by atomic mass is 9.91. The summed E-state index contributed by atoms with van der Waals surface area (Å²) in [5.74, 6) is 0.279. The van der Waals surface area contributed by atoms with E-state index >= 15 is 0 Å². The minimum atomic E-state index is -4.77. The van der Waals surface area contributed by atoms with Crippen LogP contribution >= 0.6 is 0 Å². The van der Waals surface area contributed by atoms with Gasteiger partial charge in [-0.2, -0.15) is 0 Å². The van der Waals surface area contributed by atoms with E-state index in [2.05, 4.69) is 0 Å². The van der Waals surface area contributed by atoms with Gasteiger partial charge in [-0.3, -0.25) is 0 Å². The second-order valence-electron chi connectivity index (χ2n) is 6.83. The molecule has 2 heterocycles. The summed E-state index contributed by atoms with van der Waals surface area (Å²) in [5.41, 5.74) is -0.542. The van der Waals surface area contributed by atoms with Crippen molar-refractivity contribution in [2.45, 2.75) is 26.4 Å². The molecule has 2 fully saturated rings. The number of nitrogens with zero attached hydrogens (tertiary/aromatic N) is 2. The number of fused-ring (bicyclic) bond motifs is 1. The molecule has 20 heavy (non-hydrogen) atoms. The number of halogens is 3. The SMILES string of the molecule is CC(C)(C)OC(=O)N1CC2CN(C[B-](F)(F)F)CC2C1.[H+]. The van der Waals surface area contributed by atoms with Gasteiger partial charge in [-0.1, -0.05) is 0 Å². The zero-order valence-electron chi connectivity index (χ0n) is 13.1. The molecule has 0 saturated carbocycles. The van der Waals surface area contributed by atoms with Crippen LogP contribution in [0.1, 0.15) is 22.2 Å². The molecule has 0 aromatic rings. The van der Waals surface area contributed by atoms with E-state index in [-0.39, 0.29) is 19.4 Å². The maximum Gasteiger partial charge on any atom is 1.00 e. The molecule has 2 atom stereocenters. The fraction of sp³-hybridized carbons (Fsp3) is 0.917. The van der Waals surface area contributed by atoms with Gasteiger partial charge in [-0.25, -0.2) is 4.79 Å². The van der Waals surface area contributed by atoms with Crippen LogP contribution < -0.4 is 0 Å². The molecule has 2 aliphatic heterocycles. The Morgan fingerprint density at radius 1 is 1.20 bits per heavy atom. The Hall–Kier alpha value is -0.915. The van der Waals surface area contributed by atoms with Crippen LogP contribution in [0.15, 0.2) is 0 Å². The molecule has 4 nitrogen and oxygen atoms in total. The Morgan fingerprint density at radius 2 is 1.70 bits per heavy atom. The molecule has 0 spiro atoms. The number of hydrogen-bond donors (Lipinski definition) is 0. The fourth-order valence-electron chi connectivity index (χ4n) is 3.01. The summed E-state index contributed by atoms with van der Waals surface area (Å²) in [6.45, 7) is 2.48. The highest BCUT2D eigenvalue weighted by Gasteiger charge is 2.43. The molecule has 2 aliphatic rings. The van der Waals surface area contributed by atoms with Crippen molar-refractivity contribution in [3.05, 3.63) is 0 Å². The van der Waals surface area contributed by atoms with Crippen molar-refractivity contribution >= 4 is 13.1 Å². The summed E-state index contributed by atoms with van der Waals surface area (Å²) in [5, 5.41) is 0. The Bertz CT molecular complexity index is 376. The van der Waals surface area contributed by atoms with Crippen LogP contribution in [0.4, 0.5) is 17.7 Å². The molecule has 2 rings (SSSR count). The van der Waals surface area contributed by atoms with Crippen LogP contribution in [0.2, 0.25) is 0 Å². The maximum absolute atomic E-state index is 12.4. The lowest BCUT2D eigenvalue weighted by Crippen LogP contribution is -2.40. The van der Waals surface area contributed by atoms with E-state index in [0.717, 1.165) is 0 Å². The molecule has 1 amide bonds. The predicted molar refractivity (Wildman–Crippen MR) is 71.4 cm³/mol. The van der Waals surface area contributed by atoms with Crippen molar-refractivity contribution in [1.82, 2.24) is 9.80 Å². The number of carbonyl (C=O) groups is 1. The molecular formula is C12H22BF3N2O2. The van der Waals surface area contributed by atoms with Gasteiger partial charge in [0.05, 0.1) is 0 Å². The summed E-state index contributed by atoms with van der Waals surface area (Å²) < 4.78 is 42.5. The van der Waals surface area contributed by atoms with Crippen LogP contribution in [0, 0.1) is 11.8 Å². The smallest absolute Gasteiger partial charge is 0.448 e. The van der Waals surface area contributed by atoms with Gasteiger partial charge in [0, 0.05) is 13.1 Å². The van der Waals surface area contributed by atoms with Gasteiger partial charge >= 0.3 is 14.5 Å². The third-order valence-electron chi connectivity index (χ3n) is 3.68. The first kappa shape index (κ1) is 15.5. The molecular weight excluding hydrogens is 272 g/mol. The highest BCUT2D eigenvalue weighted by Crippen LogP contribution is 2.32. The van der Waals surface area contributed by atoms with Gasteiger partial charge in [0.2, 0.25) is 0 Å². The summed E-state index contributed by atoms with van der Waals surface area (Å²) in [7, 11) is 0. The van der Waals surface area contributed by atoms with E-state index in [1.807, 2.05) is 0 Å². The normalized spacial score (nSPS) is 27.8. The lowest BCUT2D eigenvalue weighted by Gasteiger charge is -2.27. The lowest BCUT2D eigenvalue weighted by molar-refractivity contribution is 0.0275. The minimum absolute atomic E-state index is 0. The molecule has 0 aromatic heterocycles. The van der Waals surface area contributed by atoms with Crippen LogP contribution in [-0.4, -0.2) is 61.1 Å². The number of ether oxygens (including phenoxy) is 1. The number of rotatable bonds is 2. The van der Waals surface area contributed by atoms with Gasteiger partial charge < -0.3 is 27.5 Å². The van der Waals surface area contributed by atoms with Gasteiger partial charge in [0.1, 0.15) is 5.60 Å². The topological polar surface area (TPSA) is 32.8 Å². The van der Waals surface area contributed by atoms with Gasteiger partial charge in [0.25, 0.3) is 0 Å². The molecule has 8 heteroatoms. The van der Waals surface area contributed by atoms with Crippen molar-refractivity contribution in [2.75, 3.05) is 32.6 Å². The zero-order valence-corrected chi connectivity index (χ0v) is 12.1. The zero-order chi connectivity index (χ0) is 15.1. The highest BCUT2D eigenvalue weighted by molar-refractivity contribution is 6.58. The van der Waals surface area contributed by atoms with Crippen LogP contribution in [0.3, 0.4) is 0 Å². The summed E-state index contributed by atoms with van der Waals surface area (Å²) >= 11 is 0. The Labute approximate surface area is 118 Å². The number of hydrogen-bond acceptors (Lipinski definition) is 3. The third-order valence-corrected chi connectivity index (χ3v) is 3.68. The van der Waals surface area contributed by atoms with E-state index in [1.165, 1.54) is 4.90 Å². The molecule has 0 aromatic carbocycles. The van der Waals surface area contributed by atoms with Crippen LogP contribution in [0.5, 0.6) is 0 Å². The van der Waals surface area contributed by atoms with Crippen molar-refractivity contribution in [1.29, 1.82) is 0 Å².